The Morgan fingerprint density at radius 3 is 2.48 bits per heavy atom. The Balaban J connectivity index is 1.70. The molecule has 4 aliphatic rings. The highest BCUT2D eigenvalue weighted by molar-refractivity contribution is 5.76. The number of nitrogens with one attached hydrogen (secondary N) is 1. The van der Waals surface area contributed by atoms with E-state index in [1.807, 2.05) is 0 Å². The topological polar surface area (TPSA) is 75.6 Å². The van der Waals surface area contributed by atoms with Crippen molar-refractivity contribution in [3.63, 3.8) is 0 Å². The molecular weight excluding hydrogens is 277 g/mol. The number of alkyl halides is 1. The lowest BCUT2D eigenvalue weighted by Gasteiger charge is -2.60. The maximum absolute atomic E-state index is 12.0. The van der Waals surface area contributed by atoms with Crippen molar-refractivity contribution in [2.45, 2.75) is 50.5 Å². The predicted octanol–water partition coefficient (Wildman–Crippen LogP) is 2.50. The highest BCUT2D eigenvalue weighted by atomic mass is 19.1. The number of carbonyl (C=O) groups excluding carboxylic acids is 1. The molecule has 0 aromatic heterocycles. The number of hydrogen-bond donors (Lipinski definition) is 2. The first-order valence-corrected chi connectivity index (χ1v) is 7.71. The molecule has 1 amide bonds. The molecular formula is C15H22FNO4. The average Bonchev–Trinajstić information content (AvgIpc) is 2.36. The Hall–Kier alpha value is -1.33. The third kappa shape index (κ3) is 2.60. The third-order valence-electron chi connectivity index (χ3n) is 5.39. The standard InChI is InChI=1S/C15H22FNO4/c16-2-1-3-21-13(20)17-15-7-10-4-11(8-15)6-14(5-10,9-15)12(18)19/h10-11H,1-9H2,(H,17,20)(H,18,19). The predicted molar refractivity (Wildman–Crippen MR) is 72.6 cm³/mol. The summed E-state index contributed by atoms with van der Waals surface area (Å²) in [5, 5.41) is 12.5. The van der Waals surface area contributed by atoms with Crippen LogP contribution >= 0.6 is 0 Å². The molecule has 0 radical (unpaired) electrons. The maximum Gasteiger partial charge on any atom is 0.407 e. The molecule has 0 saturated heterocycles. The van der Waals surface area contributed by atoms with Crippen LogP contribution in [0.4, 0.5) is 9.18 Å². The number of carboxylic acids is 1. The van der Waals surface area contributed by atoms with Crippen molar-refractivity contribution >= 4 is 12.1 Å². The number of halogens is 1. The molecule has 4 fully saturated rings. The lowest BCUT2D eigenvalue weighted by molar-refractivity contribution is -0.168. The molecule has 118 valence electrons. The summed E-state index contributed by atoms with van der Waals surface area (Å²) < 4.78 is 17.0. The SMILES string of the molecule is O=C(NC12CC3CC(C1)CC(C(=O)O)(C3)C2)OCCCF. The first-order valence-electron chi connectivity index (χ1n) is 7.71. The molecule has 4 saturated carbocycles. The zero-order valence-electron chi connectivity index (χ0n) is 12.1. The van der Waals surface area contributed by atoms with Gasteiger partial charge < -0.3 is 15.2 Å². The number of carboxylic acid groups (broad SMARTS) is 1. The van der Waals surface area contributed by atoms with Crippen LogP contribution in [0.5, 0.6) is 0 Å². The molecule has 2 unspecified atom stereocenters. The summed E-state index contributed by atoms with van der Waals surface area (Å²) in [6.07, 6.45) is 4.40. The van der Waals surface area contributed by atoms with Gasteiger partial charge >= 0.3 is 12.1 Å². The summed E-state index contributed by atoms with van der Waals surface area (Å²) in [5.41, 5.74) is -1.11. The molecule has 0 aromatic rings. The second-order valence-electron chi connectivity index (χ2n) is 7.13. The molecule has 4 rings (SSSR count). The van der Waals surface area contributed by atoms with Gasteiger partial charge in [-0.15, -0.1) is 0 Å². The molecule has 5 nitrogen and oxygen atoms in total. The average molecular weight is 299 g/mol. The molecule has 2 N–H and O–H groups in total. The fourth-order valence-electron chi connectivity index (χ4n) is 5.13. The molecule has 21 heavy (non-hydrogen) atoms. The lowest BCUT2D eigenvalue weighted by atomic mass is 9.47. The van der Waals surface area contributed by atoms with Crippen molar-refractivity contribution in [1.29, 1.82) is 0 Å². The third-order valence-corrected chi connectivity index (χ3v) is 5.39. The van der Waals surface area contributed by atoms with Crippen LogP contribution in [0.3, 0.4) is 0 Å². The van der Waals surface area contributed by atoms with Gasteiger partial charge in [0.2, 0.25) is 0 Å². The lowest BCUT2D eigenvalue weighted by Crippen LogP contribution is -2.64. The van der Waals surface area contributed by atoms with Crippen molar-refractivity contribution in [2.75, 3.05) is 13.3 Å². The summed E-state index contributed by atoms with van der Waals surface area (Å²) in [4.78, 5) is 23.6. The smallest absolute Gasteiger partial charge is 0.407 e. The van der Waals surface area contributed by atoms with E-state index >= 15 is 0 Å². The van der Waals surface area contributed by atoms with E-state index in [-0.39, 0.29) is 13.0 Å². The van der Waals surface area contributed by atoms with Crippen LogP contribution in [0.25, 0.3) is 0 Å². The number of amides is 1. The second-order valence-corrected chi connectivity index (χ2v) is 7.13. The van der Waals surface area contributed by atoms with E-state index < -0.39 is 29.7 Å². The summed E-state index contributed by atoms with van der Waals surface area (Å²) in [6.45, 7) is -0.444. The highest BCUT2D eigenvalue weighted by Crippen LogP contribution is 2.61. The molecule has 0 heterocycles. The summed E-state index contributed by atoms with van der Waals surface area (Å²) in [6, 6.07) is 0. The second kappa shape index (κ2) is 5.14. The van der Waals surface area contributed by atoms with Gasteiger partial charge in [0.1, 0.15) is 0 Å². The van der Waals surface area contributed by atoms with Gasteiger partial charge in [-0.05, 0) is 50.4 Å². The number of hydrogen-bond acceptors (Lipinski definition) is 3. The first kappa shape index (κ1) is 14.6. The van der Waals surface area contributed by atoms with Crippen LogP contribution in [0, 0.1) is 17.3 Å². The molecule has 0 spiro atoms. The zero-order valence-corrected chi connectivity index (χ0v) is 12.1. The van der Waals surface area contributed by atoms with E-state index in [0.29, 0.717) is 18.3 Å². The van der Waals surface area contributed by atoms with E-state index in [1.54, 1.807) is 0 Å². The van der Waals surface area contributed by atoms with Crippen LogP contribution in [0.2, 0.25) is 0 Å². The summed E-state index contributed by atoms with van der Waals surface area (Å²) >= 11 is 0. The van der Waals surface area contributed by atoms with Crippen LogP contribution in [-0.4, -0.2) is 36.0 Å². The van der Waals surface area contributed by atoms with Gasteiger partial charge in [-0.1, -0.05) is 0 Å². The van der Waals surface area contributed by atoms with E-state index in [0.717, 1.165) is 32.1 Å². The van der Waals surface area contributed by atoms with E-state index in [1.165, 1.54) is 0 Å². The van der Waals surface area contributed by atoms with Crippen molar-refractivity contribution < 1.29 is 23.8 Å². The van der Waals surface area contributed by atoms with E-state index in [9.17, 15) is 19.1 Å². The zero-order chi connectivity index (χ0) is 15.1. The summed E-state index contributed by atoms with van der Waals surface area (Å²) in [7, 11) is 0. The monoisotopic (exact) mass is 299 g/mol. The number of aliphatic carboxylic acids is 1. The number of rotatable bonds is 5. The van der Waals surface area contributed by atoms with Gasteiger partial charge in [0, 0.05) is 12.0 Å². The number of alkyl carbamates (subject to hydrolysis) is 1. The van der Waals surface area contributed by atoms with Crippen molar-refractivity contribution in [3.8, 4) is 0 Å². The Morgan fingerprint density at radius 1 is 1.24 bits per heavy atom. The molecule has 0 aromatic carbocycles. The molecule has 6 heteroatoms. The molecule has 0 aliphatic heterocycles. The minimum absolute atomic E-state index is 0.0648. The van der Waals surface area contributed by atoms with Crippen molar-refractivity contribution in [2.24, 2.45) is 17.3 Å². The van der Waals surface area contributed by atoms with Gasteiger partial charge in [0.15, 0.2) is 0 Å². The van der Waals surface area contributed by atoms with Crippen molar-refractivity contribution in [3.05, 3.63) is 0 Å². The van der Waals surface area contributed by atoms with Crippen LogP contribution in [0.1, 0.15) is 44.9 Å². The van der Waals surface area contributed by atoms with Gasteiger partial charge in [0.05, 0.1) is 18.7 Å². The Kier molecular flexibility index (Phi) is 3.58. The molecule has 2 atom stereocenters. The minimum atomic E-state index is -0.728. The van der Waals surface area contributed by atoms with Gasteiger partial charge in [-0.3, -0.25) is 9.18 Å². The largest absolute Gasteiger partial charge is 0.481 e. The Bertz CT molecular complexity index is 439. The maximum atomic E-state index is 12.0. The van der Waals surface area contributed by atoms with Gasteiger partial charge in [-0.25, -0.2) is 4.79 Å². The van der Waals surface area contributed by atoms with E-state index in [4.69, 9.17) is 4.74 Å². The van der Waals surface area contributed by atoms with Crippen LogP contribution in [-0.2, 0) is 9.53 Å². The Morgan fingerprint density at radius 2 is 1.90 bits per heavy atom. The number of carbonyl (C=O) groups is 2. The first-order chi connectivity index (χ1) is 9.97. The van der Waals surface area contributed by atoms with Gasteiger partial charge in [-0.2, -0.15) is 0 Å². The highest BCUT2D eigenvalue weighted by Gasteiger charge is 2.61. The normalized spacial score (nSPS) is 40.0. The fourth-order valence-corrected chi connectivity index (χ4v) is 5.13. The quantitative estimate of drug-likeness (QED) is 0.765. The van der Waals surface area contributed by atoms with E-state index in [2.05, 4.69) is 5.32 Å². The van der Waals surface area contributed by atoms with Crippen LogP contribution < -0.4 is 5.32 Å². The van der Waals surface area contributed by atoms with Crippen LogP contribution in [0.15, 0.2) is 0 Å². The Labute approximate surface area is 123 Å². The molecule has 4 aliphatic carbocycles. The summed E-state index contributed by atoms with van der Waals surface area (Å²) in [5.74, 6) is 0.0376. The minimum Gasteiger partial charge on any atom is -0.481 e. The number of ether oxygens (including phenoxy) is 1. The van der Waals surface area contributed by atoms with Crippen molar-refractivity contribution in [1.82, 2.24) is 5.32 Å². The fraction of sp³-hybridized carbons (Fsp3) is 0.867. The molecule has 4 bridgehead atoms. The van der Waals surface area contributed by atoms with Gasteiger partial charge in [0.25, 0.3) is 0 Å².